The molecule has 1 unspecified atom stereocenters. The van der Waals surface area contributed by atoms with Crippen molar-refractivity contribution in [2.24, 2.45) is 0 Å². The van der Waals surface area contributed by atoms with Gasteiger partial charge in [-0.15, -0.1) is 12.4 Å². The van der Waals surface area contributed by atoms with Gasteiger partial charge in [-0.05, 0) is 42.0 Å². The van der Waals surface area contributed by atoms with Crippen molar-refractivity contribution >= 4 is 47.3 Å². The molecular formula is C34H30ClNO2P+. The molecule has 0 saturated carbocycles. The van der Waals surface area contributed by atoms with E-state index in [0.717, 1.165) is 21.5 Å². The molecule has 5 rings (SSSR count). The van der Waals surface area contributed by atoms with Crippen LogP contribution in [-0.4, -0.2) is 17.5 Å². The summed E-state index contributed by atoms with van der Waals surface area (Å²) in [5.74, 6) is -1.08. The van der Waals surface area contributed by atoms with Crippen LogP contribution >= 0.6 is 19.7 Å². The molecule has 0 aliphatic carbocycles. The summed E-state index contributed by atoms with van der Waals surface area (Å²) in [6.45, 7) is 0. The summed E-state index contributed by atoms with van der Waals surface area (Å²) >= 11 is 0. The van der Waals surface area contributed by atoms with Gasteiger partial charge in [0.05, 0.1) is 6.42 Å². The Morgan fingerprint density at radius 3 is 1.31 bits per heavy atom. The van der Waals surface area contributed by atoms with E-state index in [1.807, 2.05) is 115 Å². The molecule has 5 aromatic rings. The van der Waals surface area contributed by atoms with Crippen molar-refractivity contribution in [2.45, 2.75) is 12.2 Å². The summed E-state index contributed by atoms with van der Waals surface area (Å²) in [5.41, 5.74) is 1.48. The average molecular weight is 551 g/mol. The molecule has 1 atom stereocenters. The maximum Gasteiger partial charge on any atom is 0.227 e. The fourth-order valence-corrected chi connectivity index (χ4v) is 9.52. The third-order valence-electron chi connectivity index (χ3n) is 6.69. The van der Waals surface area contributed by atoms with Crippen LogP contribution in [0, 0.1) is 0 Å². The second-order valence-electron chi connectivity index (χ2n) is 9.09. The van der Waals surface area contributed by atoms with E-state index in [4.69, 9.17) is 0 Å². The molecule has 0 saturated heterocycles. The van der Waals surface area contributed by atoms with E-state index in [1.54, 1.807) is 0 Å². The highest BCUT2D eigenvalue weighted by Crippen LogP contribution is 2.59. The molecule has 5 aromatic carbocycles. The lowest BCUT2D eigenvalue weighted by Gasteiger charge is -2.34. The first-order chi connectivity index (χ1) is 18.7. The van der Waals surface area contributed by atoms with Crippen molar-refractivity contribution < 1.29 is 9.59 Å². The Morgan fingerprint density at radius 2 is 0.897 bits per heavy atom. The van der Waals surface area contributed by atoms with Crippen LogP contribution in [0.3, 0.4) is 0 Å². The summed E-state index contributed by atoms with van der Waals surface area (Å²) < 4.78 is 0. The molecule has 0 spiro atoms. The normalized spacial score (nSPS) is 11.6. The fraction of sp³-hybridized carbons (Fsp3) is 0.0588. The van der Waals surface area contributed by atoms with E-state index < -0.39 is 13.0 Å². The van der Waals surface area contributed by atoms with Gasteiger partial charge < -0.3 is 5.32 Å². The average Bonchev–Trinajstić information content (AvgIpc) is 2.99. The third-order valence-corrected chi connectivity index (χ3v) is 11.2. The number of hydrogen-bond donors (Lipinski definition) is 1. The van der Waals surface area contributed by atoms with Gasteiger partial charge in [0.2, 0.25) is 17.5 Å². The molecule has 0 aromatic heterocycles. The maximum atomic E-state index is 14.5. The van der Waals surface area contributed by atoms with Gasteiger partial charge in [0.25, 0.3) is 0 Å². The Morgan fingerprint density at radius 1 is 0.538 bits per heavy atom. The molecule has 39 heavy (non-hydrogen) atoms. The highest BCUT2D eigenvalue weighted by Gasteiger charge is 2.56. The van der Waals surface area contributed by atoms with E-state index in [-0.39, 0.29) is 30.5 Å². The zero-order valence-corrected chi connectivity index (χ0v) is 23.1. The van der Waals surface area contributed by atoms with Gasteiger partial charge in [0, 0.05) is 5.56 Å². The Kier molecular flexibility index (Phi) is 9.44. The molecule has 194 valence electrons. The standard InChI is InChI=1S/C34H28NO2P.ClH/c36-32(26-27-16-6-1-7-17-27)35-34(33(37)28-18-8-2-9-19-28)38(29-20-10-3-11-21-29,30-22-12-4-13-23-30)31-24-14-5-15-25-31;/h1-25,34H,26H2;1H/p+1. The lowest BCUT2D eigenvalue weighted by molar-refractivity contribution is -0.120. The minimum Gasteiger partial charge on any atom is -0.314 e. The summed E-state index contributed by atoms with van der Waals surface area (Å²) in [6.07, 6.45) is 0.192. The van der Waals surface area contributed by atoms with Crippen LogP contribution in [0.1, 0.15) is 15.9 Å². The van der Waals surface area contributed by atoms with Crippen LogP contribution in [0.25, 0.3) is 0 Å². The van der Waals surface area contributed by atoms with E-state index in [1.165, 1.54) is 0 Å². The lowest BCUT2D eigenvalue weighted by atomic mass is 10.1. The number of carbonyl (C=O) groups is 2. The van der Waals surface area contributed by atoms with Crippen LogP contribution in [-0.2, 0) is 11.2 Å². The van der Waals surface area contributed by atoms with Gasteiger partial charge in [-0.3, -0.25) is 9.59 Å². The lowest BCUT2D eigenvalue weighted by Crippen LogP contribution is -2.51. The van der Waals surface area contributed by atoms with Crippen molar-refractivity contribution in [1.29, 1.82) is 0 Å². The van der Waals surface area contributed by atoms with Gasteiger partial charge in [-0.25, -0.2) is 0 Å². The van der Waals surface area contributed by atoms with Crippen molar-refractivity contribution in [2.75, 3.05) is 0 Å². The molecule has 0 heterocycles. The number of Topliss-reactive ketones (excluding diaryl/α,β-unsaturated/α-hetero) is 1. The van der Waals surface area contributed by atoms with Gasteiger partial charge in [0.1, 0.15) is 23.2 Å². The Hall–Kier alpha value is -4.04. The van der Waals surface area contributed by atoms with Crippen molar-refractivity contribution in [3.05, 3.63) is 163 Å². The third kappa shape index (κ3) is 6.01. The van der Waals surface area contributed by atoms with Gasteiger partial charge in [-0.2, -0.15) is 0 Å². The molecule has 0 bridgehead atoms. The predicted octanol–water partition coefficient (Wildman–Crippen LogP) is 5.97. The van der Waals surface area contributed by atoms with Gasteiger partial charge in [-0.1, -0.05) is 115 Å². The SMILES string of the molecule is Cl.O=C(Cc1ccccc1)NC(C(=O)c1ccccc1)[P+](c1ccccc1)(c1ccccc1)c1ccccc1. The highest BCUT2D eigenvalue weighted by atomic mass is 35.5. The van der Waals surface area contributed by atoms with E-state index in [0.29, 0.717) is 5.56 Å². The number of ketones is 1. The first kappa shape index (κ1) is 28.0. The van der Waals surface area contributed by atoms with Gasteiger partial charge in [0.15, 0.2) is 0 Å². The van der Waals surface area contributed by atoms with Crippen molar-refractivity contribution in [3.8, 4) is 0 Å². The molecule has 0 aliphatic rings. The van der Waals surface area contributed by atoms with E-state index in [2.05, 4.69) is 41.7 Å². The van der Waals surface area contributed by atoms with Crippen molar-refractivity contribution in [1.82, 2.24) is 5.32 Å². The molecule has 3 nitrogen and oxygen atoms in total. The van der Waals surface area contributed by atoms with E-state index >= 15 is 0 Å². The smallest absolute Gasteiger partial charge is 0.227 e. The number of benzene rings is 5. The topological polar surface area (TPSA) is 46.2 Å². The molecule has 5 heteroatoms. The Balaban J connectivity index is 0.00000353. The summed E-state index contributed by atoms with van der Waals surface area (Å²) in [6, 6.07) is 49.4. The van der Waals surface area contributed by atoms with E-state index in [9.17, 15) is 9.59 Å². The maximum absolute atomic E-state index is 14.5. The van der Waals surface area contributed by atoms with Crippen LogP contribution in [0.15, 0.2) is 152 Å². The summed E-state index contributed by atoms with van der Waals surface area (Å²) in [5, 5.41) is 6.36. The molecule has 0 aliphatic heterocycles. The quantitative estimate of drug-likeness (QED) is 0.181. The number of halogens is 1. The molecule has 1 N–H and O–H groups in total. The zero-order valence-electron chi connectivity index (χ0n) is 21.4. The first-order valence-corrected chi connectivity index (χ1v) is 14.5. The number of amides is 1. The summed E-state index contributed by atoms with van der Waals surface area (Å²) in [7, 11) is -2.73. The molecule has 1 amide bonds. The van der Waals surface area contributed by atoms with Crippen LogP contribution in [0.4, 0.5) is 0 Å². The number of carbonyl (C=O) groups excluding carboxylic acids is 2. The van der Waals surface area contributed by atoms with Crippen LogP contribution in [0.5, 0.6) is 0 Å². The predicted molar refractivity (Wildman–Crippen MR) is 165 cm³/mol. The van der Waals surface area contributed by atoms with Crippen LogP contribution in [0.2, 0.25) is 0 Å². The second kappa shape index (κ2) is 13.2. The monoisotopic (exact) mass is 550 g/mol. The number of nitrogens with one attached hydrogen (secondary N) is 1. The molecular weight excluding hydrogens is 521 g/mol. The van der Waals surface area contributed by atoms with Crippen molar-refractivity contribution in [3.63, 3.8) is 0 Å². The molecule has 0 fully saturated rings. The number of rotatable bonds is 9. The minimum absolute atomic E-state index is 0. The zero-order chi connectivity index (χ0) is 26.2. The Labute approximate surface area is 236 Å². The first-order valence-electron chi connectivity index (χ1n) is 12.7. The van der Waals surface area contributed by atoms with Crippen LogP contribution < -0.4 is 21.2 Å². The molecule has 0 radical (unpaired) electrons. The largest absolute Gasteiger partial charge is 0.314 e. The summed E-state index contributed by atoms with van der Waals surface area (Å²) in [4.78, 5) is 28.2. The highest BCUT2D eigenvalue weighted by molar-refractivity contribution is 7.96. The number of hydrogen-bond acceptors (Lipinski definition) is 2. The minimum atomic E-state index is -2.73. The second-order valence-corrected chi connectivity index (χ2v) is 12.6. The fourth-order valence-electron chi connectivity index (χ4n) is 4.97. The Bertz CT molecular complexity index is 1380. The van der Waals surface area contributed by atoms with Gasteiger partial charge >= 0.3 is 0 Å².